The van der Waals surface area contributed by atoms with E-state index in [1.54, 1.807) is 13.8 Å². The molecule has 1 rings (SSSR count). The summed E-state index contributed by atoms with van der Waals surface area (Å²) in [5.41, 5.74) is 1.49. The lowest BCUT2D eigenvalue weighted by Crippen LogP contribution is -2.42. The van der Waals surface area contributed by atoms with E-state index in [2.05, 4.69) is 17.1 Å². The summed E-state index contributed by atoms with van der Waals surface area (Å²) in [6.07, 6.45) is 1.47. The summed E-state index contributed by atoms with van der Waals surface area (Å²) >= 11 is 0. The van der Waals surface area contributed by atoms with Gasteiger partial charge in [-0.1, -0.05) is 11.2 Å². The van der Waals surface area contributed by atoms with Crippen LogP contribution in [0, 0.1) is 13.8 Å². The molecule has 0 aromatic carbocycles. The summed E-state index contributed by atoms with van der Waals surface area (Å²) in [4.78, 5) is 23.6. The zero-order chi connectivity index (χ0) is 14.4. The maximum absolute atomic E-state index is 11.8. The molecule has 0 unspecified atom stereocenters. The summed E-state index contributed by atoms with van der Waals surface area (Å²) in [6, 6.07) is -0.470. The molecule has 0 atom stereocenters. The molecule has 19 heavy (non-hydrogen) atoms. The van der Waals surface area contributed by atoms with Crippen LogP contribution in [0.3, 0.4) is 0 Å². The van der Waals surface area contributed by atoms with Gasteiger partial charge in [0.2, 0.25) is 0 Å². The van der Waals surface area contributed by atoms with E-state index < -0.39 is 12.0 Å². The van der Waals surface area contributed by atoms with Crippen LogP contribution in [0.15, 0.2) is 17.2 Å². The van der Waals surface area contributed by atoms with Gasteiger partial charge in [-0.15, -0.1) is 6.58 Å². The number of carboxylic acids is 1. The third-order valence-corrected chi connectivity index (χ3v) is 2.56. The van der Waals surface area contributed by atoms with Crippen LogP contribution in [0.2, 0.25) is 0 Å². The van der Waals surface area contributed by atoms with E-state index in [9.17, 15) is 9.59 Å². The van der Waals surface area contributed by atoms with E-state index >= 15 is 0 Å². The monoisotopic (exact) mass is 267 g/mol. The number of rotatable bonds is 6. The molecule has 0 radical (unpaired) electrons. The van der Waals surface area contributed by atoms with E-state index in [1.165, 1.54) is 6.08 Å². The Morgan fingerprint density at radius 3 is 2.68 bits per heavy atom. The quantitative estimate of drug-likeness (QED) is 0.752. The third-order valence-electron chi connectivity index (χ3n) is 2.56. The molecule has 1 aromatic rings. The van der Waals surface area contributed by atoms with Crippen LogP contribution in [0.5, 0.6) is 0 Å². The van der Waals surface area contributed by atoms with Gasteiger partial charge in [0.15, 0.2) is 0 Å². The van der Waals surface area contributed by atoms with Gasteiger partial charge in [-0.3, -0.25) is 4.79 Å². The Labute approximate surface area is 110 Å². The highest BCUT2D eigenvalue weighted by molar-refractivity contribution is 5.80. The van der Waals surface area contributed by atoms with Crippen molar-refractivity contribution in [1.29, 1.82) is 0 Å². The van der Waals surface area contributed by atoms with Crippen molar-refractivity contribution in [2.24, 2.45) is 0 Å². The molecule has 0 fully saturated rings. The van der Waals surface area contributed by atoms with E-state index in [0.29, 0.717) is 11.5 Å². The Morgan fingerprint density at radius 2 is 2.21 bits per heavy atom. The van der Waals surface area contributed by atoms with Crippen LogP contribution < -0.4 is 5.32 Å². The van der Waals surface area contributed by atoms with E-state index in [0.717, 1.165) is 10.5 Å². The first-order valence-electron chi connectivity index (χ1n) is 5.73. The first-order chi connectivity index (χ1) is 8.95. The highest BCUT2D eigenvalue weighted by atomic mass is 16.5. The van der Waals surface area contributed by atoms with Crippen molar-refractivity contribution in [3.8, 4) is 0 Å². The lowest BCUT2D eigenvalue weighted by atomic mass is 10.2. The highest BCUT2D eigenvalue weighted by Crippen LogP contribution is 2.11. The number of nitrogens with one attached hydrogen (secondary N) is 1. The number of hydrogen-bond acceptors (Lipinski definition) is 4. The second-order valence-corrected chi connectivity index (χ2v) is 4.02. The van der Waals surface area contributed by atoms with Crippen LogP contribution in [0.4, 0.5) is 4.79 Å². The second kappa shape index (κ2) is 6.58. The van der Waals surface area contributed by atoms with Gasteiger partial charge in [0.05, 0.1) is 5.69 Å². The molecule has 0 saturated heterocycles. The number of aryl methyl sites for hydroxylation is 2. The lowest BCUT2D eigenvalue weighted by Gasteiger charge is -2.19. The maximum atomic E-state index is 11.8. The average Bonchev–Trinajstić information content (AvgIpc) is 2.65. The molecule has 0 aliphatic rings. The fourth-order valence-corrected chi connectivity index (χ4v) is 1.57. The van der Waals surface area contributed by atoms with Gasteiger partial charge in [-0.05, 0) is 13.8 Å². The van der Waals surface area contributed by atoms with E-state index in [1.807, 2.05) is 0 Å². The van der Waals surface area contributed by atoms with Crippen LogP contribution >= 0.6 is 0 Å². The normalized spacial score (nSPS) is 10.0. The topological polar surface area (TPSA) is 95.7 Å². The van der Waals surface area contributed by atoms with Gasteiger partial charge >= 0.3 is 12.0 Å². The summed E-state index contributed by atoms with van der Waals surface area (Å²) in [7, 11) is 0. The Bertz CT molecular complexity index is 462. The first-order valence-corrected chi connectivity index (χ1v) is 5.73. The number of carbonyl (C=O) groups excluding carboxylic acids is 1. The average molecular weight is 267 g/mol. The molecule has 1 aromatic heterocycles. The molecular weight excluding hydrogens is 250 g/mol. The molecule has 0 spiro atoms. The number of urea groups is 1. The van der Waals surface area contributed by atoms with Crippen molar-refractivity contribution in [2.45, 2.75) is 20.4 Å². The number of aliphatic carboxylic acids is 1. The van der Waals surface area contributed by atoms with Crippen LogP contribution in [0.25, 0.3) is 0 Å². The smallest absolute Gasteiger partial charge is 0.323 e. The minimum atomic E-state index is -1.07. The van der Waals surface area contributed by atoms with Gasteiger partial charge < -0.3 is 19.8 Å². The molecule has 7 nitrogen and oxygen atoms in total. The first kappa shape index (κ1) is 14.7. The molecule has 0 aliphatic carbocycles. The van der Waals surface area contributed by atoms with E-state index in [4.69, 9.17) is 9.63 Å². The Balaban J connectivity index is 2.62. The SMILES string of the molecule is C=CCN(CC(=O)O)C(=O)NCc1c(C)noc1C. The maximum Gasteiger partial charge on any atom is 0.323 e. The Hall–Kier alpha value is -2.31. The summed E-state index contributed by atoms with van der Waals surface area (Å²) in [6.45, 7) is 7.05. The summed E-state index contributed by atoms with van der Waals surface area (Å²) < 4.78 is 4.97. The van der Waals surface area contributed by atoms with Gasteiger partial charge in [-0.25, -0.2) is 4.79 Å². The molecule has 2 amide bonds. The second-order valence-electron chi connectivity index (χ2n) is 4.02. The van der Waals surface area contributed by atoms with Crippen LogP contribution in [0.1, 0.15) is 17.0 Å². The number of nitrogens with zero attached hydrogens (tertiary/aromatic N) is 2. The zero-order valence-corrected chi connectivity index (χ0v) is 11.0. The van der Waals surface area contributed by atoms with Gasteiger partial charge in [0.25, 0.3) is 0 Å². The molecule has 7 heteroatoms. The number of aromatic nitrogens is 1. The van der Waals surface area contributed by atoms with Crippen molar-refractivity contribution >= 4 is 12.0 Å². The lowest BCUT2D eigenvalue weighted by molar-refractivity contribution is -0.137. The van der Waals surface area contributed by atoms with Crippen molar-refractivity contribution in [2.75, 3.05) is 13.1 Å². The van der Waals surface area contributed by atoms with E-state index in [-0.39, 0.29) is 19.6 Å². The van der Waals surface area contributed by atoms with Crippen LogP contribution in [-0.2, 0) is 11.3 Å². The highest BCUT2D eigenvalue weighted by Gasteiger charge is 2.16. The minimum absolute atomic E-state index is 0.166. The molecule has 104 valence electrons. The minimum Gasteiger partial charge on any atom is -0.480 e. The van der Waals surface area contributed by atoms with Crippen molar-refractivity contribution in [1.82, 2.24) is 15.4 Å². The number of carboxylic acid groups (broad SMARTS) is 1. The molecule has 1 heterocycles. The Morgan fingerprint density at radius 1 is 1.53 bits per heavy atom. The van der Waals surface area contributed by atoms with Crippen LogP contribution in [-0.4, -0.2) is 40.3 Å². The summed E-state index contributed by atoms with van der Waals surface area (Å²) in [5.74, 6) is -0.444. The number of amides is 2. The van der Waals surface area contributed by atoms with Gasteiger partial charge in [0, 0.05) is 18.7 Å². The van der Waals surface area contributed by atoms with Crippen molar-refractivity contribution < 1.29 is 19.2 Å². The predicted molar refractivity (Wildman–Crippen MR) is 67.6 cm³/mol. The zero-order valence-electron chi connectivity index (χ0n) is 11.0. The molecule has 0 saturated carbocycles. The fraction of sp³-hybridized carbons (Fsp3) is 0.417. The third kappa shape index (κ3) is 4.13. The summed E-state index contributed by atoms with van der Waals surface area (Å²) in [5, 5.41) is 15.1. The van der Waals surface area contributed by atoms with Crippen molar-refractivity contribution in [3.63, 3.8) is 0 Å². The molecule has 0 bridgehead atoms. The van der Waals surface area contributed by atoms with Crippen molar-refractivity contribution in [3.05, 3.63) is 29.7 Å². The molecule has 0 aliphatic heterocycles. The van der Waals surface area contributed by atoms with Gasteiger partial charge in [-0.2, -0.15) is 0 Å². The number of hydrogen-bond donors (Lipinski definition) is 2. The number of carbonyl (C=O) groups is 2. The predicted octanol–water partition coefficient (Wildman–Crippen LogP) is 1.07. The molecular formula is C12H17N3O4. The Kier molecular flexibility index (Phi) is 5.11. The van der Waals surface area contributed by atoms with Gasteiger partial charge in [0.1, 0.15) is 12.3 Å². The standard InChI is InChI=1S/C12H17N3O4/c1-4-5-15(7-11(16)17)12(18)13-6-10-8(2)14-19-9(10)3/h4H,1,5-7H2,2-3H3,(H,13,18)(H,16,17). The fourth-order valence-electron chi connectivity index (χ4n) is 1.57. The molecule has 2 N–H and O–H groups in total. The largest absolute Gasteiger partial charge is 0.480 e.